The minimum Gasteiger partial charge on any atom is -0.508 e. The molecule has 2 aromatic rings. The van der Waals surface area contributed by atoms with Crippen LogP contribution in [0, 0.1) is 0 Å². The number of ketones is 1. The summed E-state index contributed by atoms with van der Waals surface area (Å²) in [4.78, 5) is 31.3. The summed E-state index contributed by atoms with van der Waals surface area (Å²) in [5.74, 6) is -1.43. The van der Waals surface area contributed by atoms with E-state index in [2.05, 4.69) is 0 Å². The molecule has 0 heterocycles. The van der Waals surface area contributed by atoms with E-state index in [4.69, 9.17) is 9.79 Å². The van der Waals surface area contributed by atoms with Gasteiger partial charge in [0.1, 0.15) is 11.5 Å². The highest BCUT2D eigenvalue weighted by molar-refractivity contribution is 8.54. The van der Waals surface area contributed by atoms with E-state index in [-0.39, 0.29) is 33.3 Å². The van der Waals surface area contributed by atoms with E-state index >= 15 is 0 Å². The molecule has 0 fully saturated rings. The Morgan fingerprint density at radius 3 is 2.42 bits per heavy atom. The average molecular weight is 368 g/mol. The monoisotopic (exact) mass is 368 g/mol. The molecule has 6 nitrogen and oxygen atoms in total. The van der Waals surface area contributed by atoms with E-state index < -0.39 is 18.5 Å². The largest absolute Gasteiger partial charge is 0.508 e. The lowest BCUT2D eigenvalue weighted by molar-refractivity contribution is 0.0951. The quantitative estimate of drug-likeness (QED) is 0.454. The lowest BCUT2D eigenvalue weighted by atomic mass is 9.88. The summed E-state index contributed by atoms with van der Waals surface area (Å²) >= 11 is 0.233. The van der Waals surface area contributed by atoms with Gasteiger partial charge in [0, 0.05) is 10.8 Å². The summed E-state index contributed by atoms with van der Waals surface area (Å²) in [5, 5.41) is 19.7. The first kappa shape index (κ1) is 18.5. The fourth-order valence-electron chi connectivity index (χ4n) is 2.46. The molecule has 128 valence electrons. The number of carbonyl (C=O) groups is 1. The molecular formula is C16H17O6PS. The van der Waals surface area contributed by atoms with Crippen molar-refractivity contribution in [2.45, 2.75) is 24.2 Å². The number of carbonyl (C=O) groups excluding carboxylic acids is 1. The van der Waals surface area contributed by atoms with Crippen molar-refractivity contribution in [3.05, 3.63) is 53.6 Å². The van der Waals surface area contributed by atoms with Gasteiger partial charge in [-0.25, -0.2) is 4.57 Å². The third-order valence-electron chi connectivity index (χ3n) is 3.47. The van der Waals surface area contributed by atoms with Gasteiger partial charge in [-0.1, -0.05) is 25.1 Å². The zero-order chi connectivity index (χ0) is 17.9. The Kier molecular flexibility index (Phi) is 5.72. The first-order valence-corrected chi connectivity index (χ1v) is 10.2. The number of hydrogen-bond acceptors (Lipinski definition) is 5. The van der Waals surface area contributed by atoms with Crippen molar-refractivity contribution >= 4 is 24.0 Å². The van der Waals surface area contributed by atoms with E-state index in [0.717, 1.165) is 0 Å². The normalized spacial score (nSPS) is 12.8. The van der Waals surface area contributed by atoms with Crippen LogP contribution in [0.3, 0.4) is 0 Å². The van der Waals surface area contributed by atoms with Crippen molar-refractivity contribution in [1.29, 1.82) is 0 Å². The Bertz CT molecular complexity index is 801. The Labute approximate surface area is 143 Å². The van der Waals surface area contributed by atoms with Gasteiger partial charge in [-0.05, 0) is 47.6 Å². The molecule has 0 amide bonds. The van der Waals surface area contributed by atoms with Crippen molar-refractivity contribution in [2.24, 2.45) is 0 Å². The number of Topliss-reactive ketones (excluding diaryl/α,β-unsaturated/α-hetero) is 1. The van der Waals surface area contributed by atoms with Crippen LogP contribution in [0.15, 0.2) is 47.4 Å². The molecule has 2 aromatic carbocycles. The molecule has 0 aromatic heterocycles. The predicted molar refractivity (Wildman–Crippen MR) is 91.5 cm³/mol. The van der Waals surface area contributed by atoms with Gasteiger partial charge in [0.05, 0.1) is 5.56 Å². The second-order valence-electron chi connectivity index (χ2n) is 5.15. The molecule has 8 heteroatoms. The maximum absolute atomic E-state index is 12.9. The van der Waals surface area contributed by atoms with Gasteiger partial charge in [-0.2, -0.15) is 0 Å². The van der Waals surface area contributed by atoms with E-state index in [9.17, 15) is 19.6 Å². The highest BCUT2D eigenvalue weighted by atomic mass is 32.7. The number of phenols is 2. The fourth-order valence-corrected chi connectivity index (χ4v) is 4.38. The molecule has 2 rings (SSSR count). The SMILES string of the molecule is CCC(C(=O)c1c(O)cccc1SP(=O)(O)O)c1cccc(O)c1. The highest BCUT2D eigenvalue weighted by Crippen LogP contribution is 2.56. The molecule has 1 atom stereocenters. The van der Waals surface area contributed by atoms with E-state index in [0.29, 0.717) is 12.0 Å². The first-order valence-electron chi connectivity index (χ1n) is 7.13. The summed E-state index contributed by atoms with van der Waals surface area (Å²) in [7, 11) is 0. The van der Waals surface area contributed by atoms with Gasteiger partial charge >= 0.3 is 6.80 Å². The summed E-state index contributed by atoms with van der Waals surface area (Å²) in [5.41, 5.74) is 0.443. The number of benzene rings is 2. The first-order chi connectivity index (χ1) is 11.2. The molecule has 0 saturated carbocycles. The molecule has 0 saturated heterocycles. The van der Waals surface area contributed by atoms with Gasteiger partial charge in [-0.15, -0.1) is 0 Å². The van der Waals surface area contributed by atoms with Crippen LogP contribution in [0.5, 0.6) is 11.5 Å². The second kappa shape index (κ2) is 7.40. The zero-order valence-electron chi connectivity index (χ0n) is 12.8. The van der Waals surface area contributed by atoms with Crippen molar-refractivity contribution in [3.63, 3.8) is 0 Å². The Balaban J connectivity index is 2.49. The predicted octanol–water partition coefficient (Wildman–Crippen LogP) is 3.66. The number of aromatic hydroxyl groups is 2. The zero-order valence-corrected chi connectivity index (χ0v) is 14.5. The van der Waals surface area contributed by atoms with Gasteiger partial charge in [0.2, 0.25) is 0 Å². The van der Waals surface area contributed by atoms with Crippen LogP contribution in [-0.4, -0.2) is 25.8 Å². The Hall–Kier alpha value is -1.79. The van der Waals surface area contributed by atoms with Crippen molar-refractivity contribution < 1.29 is 29.4 Å². The molecule has 24 heavy (non-hydrogen) atoms. The minimum atomic E-state index is -4.48. The molecule has 0 aliphatic carbocycles. The lowest BCUT2D eigenvalue weighted by Gasteiger charge is -2.18. The maximum Gasteiger partial charge on any atom is 0.388 e. The molecule has 1 unspecified atom stereocenters. The van der Waals surface area contributed by atoms with Crippen LogP contribution in [0.1, 0.15) is 35.2 Å². The van der Waals surface area contributed by atoms with Crippen LogP contribution in [0.4, 0.5) is 0 Å². The molecule has 0 aliphatic rings. The third kappa shape index (κ3) is 4.39. The number of rotatable bonds is 6. The van der Waals surface area contributed by atoms with Crippen LogP contribution in [0.2, 0.25) is 0 Å². The van der Waals surface area contributed by atoms with Crippen molar-refractivity contribution in [3.8, 4) is 11.5 Å². The van der Waals surface area contributed by atoms with Crippen molar-refractivity contribution in [1.82, 2.24) is 0 Å². The molecule has 0 radical (unpaired) electrons. The van der Waals surface area contributed by atoms with Gasteiger partial charge < -0.3 is 20.0 Å². The fraction of sp³-hybridized carbons (Fsp3) is 0.188. The molecule has 0 spiro atoms. The van der Waals surface area contributed by atoms with E-state index in [1.165, 1.54) is 30.3 Å². The Morgan fingerprint density at radius 1 is 1.17 bits per heavy atom. The third-order valence-corrected chi connectivity index (χ3v) is 5.54. The van der Waals surface area contributed by atoms with Crippen molar-refractivity contribution in [2.75, 3.05) is 0 Å². The summed E-state index contributed by atoms with van der Waals surface area (Å²) in [6.45, 7) is -2.70. The average Bonchev–Trinajstić information content (AvgIpc) is 2.46. The Morgan fingerprint density at radius 2 is 1.83 bits per heavy atom. The van der Waals surface area contributed by atoms with E-state index in [1.807, 2.05) is 0 Å². The number of phenolic OH excluding ortho intramolecular Hbond substituents is 2. The van der Waals surface area contributed by atoms with Crippen LogP contribution < -0.4 is 0 Å². The van der Waals surface area contributed by atoms with Gasteiger partial charge in [0.25, 0.3) is 0 Å². The molecule has 0 bridgehead atoms. The number of hydrogen-bond donors (Lipinski definition) is 4. The lowest BCUT2D eigenvalue weighted by Crippen LogP contribution is -2.13. The molecular weight excluding hydrogens is 351 g/mol. The van der Waals surface area contributed by atoms with E-state index in [1.54, 1.807) is 19.1 Å². The van der Waals surface area contributed by atoms with Crippen LogP contribution in [-0.2, 0) is 4.57 Å². The summed E-state index contributed by atoms with van der Waals surface area (Å²) in [6, 6.07) is 10.3. The second-order valence-corrected chi connectivity index (χ2v) is 8.73. The maximum atomic E-state index is 12.9. The minimum absolute atomic E-state index is 0.0147. The van der Waals surface area contributed by atoms with Gasteiger partial charge in [0.15, 0.2) is 5.78 Å². The topological polar surface area (TPSA) is 115 Å². The summed E-state index contributed by atoms with van der Waals surface area (Å²) in [6.07, 6.45) is 0.399. The highest BCUT2D eigenvalue weighted by Gasteiger charge is 2.28. The summed E-state index contributed by atoms with van der Waals surface area (Å²) < 4.78 is 11.3. The van der Waals surface area contributed by atoms with Crippen LogP contribution >= 0.6 is 18.2 Å². The van der Waals surface area contributed by atoms with Crippen LogP contribution in [0.25, 0.3) is 0 Å². The molecule has 4 N–H and O–H groups in total. The van der Waals surface area contributed by atoms with Gasteiger partial charge in [-0.3, -0.25) is 4.79 Å². The molecule has 0 aliphatic heterocycles. The standard InChI is InChI=1S/C16H17O6PS/c1-2-12(10-5-3-6-11(17)9-10)16(19)15-13(18)7-4-8-14(15)24-23(20,21)22/h3-9,12,17-18H,2H2,1H3,(H2,20,21,22). The smallest absolute Gasteiger partial charge is 0.388 e.